The first-order valence-electron chi connectivity index (χ1n) is 11.5. The second-order valence-electron chi connectivity index (χ2n) is 8.00. The second-order valence-corrected chi connectivity index (χ2v) is 8.00. The molecule has 6 nitrogen and oxygen atoms in total. The van der Waals surface area contributed by atoms with E-state index in [0.29, 0.717) is 29.7 Å². The third-order valence-electron chi connectivity index (χ3n) is 5.19. The van der Waals surface area contributed by atoms with Crippen molar-refractivity contribution >= 4 is 5.84 Å². The van der Waals surface area contributed by atoms with Gasteiger partial charge in [0.15, 0.2) is 0 Å². The van der Waals surface area contributed by atoms with Crippen molar-refractivity contribution in [2.45, 2.75) is 46.0 Å². The van der Waals surface area contributed by atoms with E-state index < -0.39 is 0 Å². The minimum absolute atomic E-state index is 0.0570. The van der Waals surface area contributed by atoms with Crippen LogP contribution in [-0.4, -0.2) is 24.0 Å². The van der Waals surface area contributed by atoms with Crippen molar-refractivity contribution in [1.29, 1.82) is 0 Å². The number of allylic oxidation sites excluding steroid dienone is 7. The lowest BCUT2D eigenvalue weighted by molar-refractivity contribution is 0.359. The molecule has 1 aliphatic heterocycles. The van der Waals surface area contributed by atoms with Gasteiger partial charge in [-0.25, -0.2) is 4.99 Å². The number of nitrogens with zero attached hydrogens (tertiary/aromatic N) is 1. The Morgan fingerprint density at radius 3 is 2.42 bits per heavy atom. The van der Waals surface area contributed by atoms with Crippen LogP contribution in [-0.2, 0) is 0 Å². The maximum atomic E-state index is 9.73. The summed E-state index contributed by atoms with van der Waals surface area (Å²) in [6.45, 7) is 16.0. The summed E-state index contributed by atoms with van der Waals surface area (Å²) in [5, 5.41) is 16.1. The van der Waals surface area contributed by atoms with Crippen LogP contribution < -0.4 is 22.1 Å². The number of nitrogens with two attached hydrogens (primary N) is 2. The zero-order valence-corrected chi connectivity index (χ0v) is 20.2. The largest absolute Gasteiger partial charge is 0.493 e. The molecule has 1 fully saturated rings. The molecule has 2 rings (SSSR count). The SMILES string of the molecule is C=C(C)N=C(N)/C=C(\C/C=C(/C1=CC(N)=C(O)NC1)C1CCCC1)NCC.C=C/C=C\C=C. The third kappa shape index (κ3) is 10.6. The molecule has 0 aromatic heterocycles. The van der Waals surface area contributed by atoms with Crippen molar-refractivity contribution < 1.29 is 5.11 Å². The van der Waals surface area contributed by atoms with Crippen LogP contribution in [0.5, 0.6) is 0 Å². The molecule has 1 heterocycles. The maximum absolute atomic E-state index is 9.73. The lowest BCUT2D eigenvalue weighted by Gasteiger charge is -2.23. The molecular formula is C27H41N5O. The Hall–Kier alpha value is -3.41. The van der Waals surface area contributed by atoms with Gasteiger partial charge in [0.25, 0.3) is 0 Å². The van der Waals surface area contributed by atoms with Crippen LogP contribution in [0.2, 0.25) is 0 Å². The minimum Gasteiger partial charge on any atom is -0.493 e. The fourth-order valence-corrected chi connectivity index (χ4v) is 3.79. The van der Waals surface area contributed by atoms with E-state index in [1.807, 2.05) is 31.2 Å². The van der Waals surface area contributed by atoms with Gasteiger partial charge in [-0.05, 0) is 55.9 Å². The maximum Gasteiger partial charge on any atom is 0.208 e. The van der Waals surface area contributed by atoms with Crippen LogP contribution in [0, 0.1) is 5.92 Å². The van der Waals surface area contributed by atoms with E-state index >= 15 is 0 Å². The molecule has 0 bridgehead atoms. The van der Waals surface area contributed by atoms with Crippen LogP contribution in [0.4, 0.5) is 0 Å². The number of nitrogens with one attached hydrogen (secondary N) is 2. The van der Waals surface area contributed by atoms with Crippen molar-refractivity contribution in [3.8, 4) is 0 Å². The Morgan fingerprint density at radius 2 is 1.91 bits per heavy atom. The molecular weight excluding hydrogens is 410 g/mol. The van der Waals surface area contributed by atoms with Crippen LogP contribution in [0.3, 0.4) is 0 Å². The number of amidine groups is 1. The van der Waals surface area contributed by atoms with E-state index in [4.69, 9.17) is 11.5 Å². The van der Waals surface area contributed by atoms with E-state index in [1.54, 1.807) is 12.2 Å². The summed E-state index contributed by atoms with van der Waals surface area (Å²) >= 11 is 0. The van der Waals surface area contributed by atoms with E-state index in [1.165, 1.54) is 31.3 Å². The Morgan fingerprint density at radius 1 is 1.27 bits per heavy atom. The van der Waals surface area contributed by atoms with Crippen LogP contribution in [0.25, 0.3) is 0 Å². The molecule has 0 amide bonds. The van der Waals surface area contributed by atoms with Gasteiger partial charge in [-0.15, -0.1) is 0 Å². The topological polar surface area (TPSA) is 109 Å². The molecule has 0 spiro atoms. The zero-order chi connectivity index (χ0) is 24.6. The fourth-order valence-electron chi connectivity index (χ4n) is 3.79. The summed E-state index contributed by atoms with van der Waals surface area (Å²) in [5.41, 5.74) is 16.5. The van der Waals surface area contributed by atoms with Gasteiger partial charge in [-0.3, -0.25) is 0 Å². The molecule has 0 aromatic carbocycles. The predicted molar refractivity (Wildman–Crippen MR) is 142 cm³/mol. The molecule has 0 saturated heterocycles. The van der Waals surface area contributed by atoms with Gasteiger partial charge in [0, 0.05) is 30.9 Å². The van der Waals surface area contributed by atoms with E-state index in [9.17, 15) is 5.11 Å². The molecule has 1 saturated carbocycles. The molecule has 1 aliphatic carbocycles. The van der Waals surface area contributed by atoms with Crippen molar-refractivity contribution in [2.24, 2.45) is 22.4 Å². The Bertz CT molecular complexity index is 855. The molecule has 7 N–H and O–H groups in total. The molecule has 0 atom stereocenters. The van der Waals surface area contributed by atoms with Gasteiger partial charge in [-0.1, -0.05) is 63.0 Å². The lowest BCUT2D eigenvalue weighted by atomic mass is 9.88. The smallest absolute Gasteiger partial charge is 0.208 e. The summed E-state index contributed by atoms with van der Waals surface area (Å²) in [5.74, 6) is 1.04. The predicted octanol–water partition coefficient (Wildman–Crippen LogP) is 5.01. The molecule has 0 radical (unpaired) electrons. The monoisotopic (exact) mass is 451 g/mol. The average Bonchev–Trinajstić information content (AvgIpc) is 3.29. The van der Waals surface area contributed by atoms with Crippen molar-refractivity contribution in [2.75, 3.05) is 13.1 Å². The number of aliphatic imine (C=N–C) groups is 1. The third-order valence-corrected chi connectivity index (χ3v) is 5.19. The summed E-state index contributed by atoms with van der Waals surface area (Å²) < 4.78 is 0. The summed E-state index contributed by atoms with van der Waals surface area (Å²) in [4.78, 5) is 4.20. The highest BCUT2D eigenvalue weighted by Crippen LogP contribution is 2.36. The number of dihydropyridines is 1. The summed E-state index contributed by atoms with van der Waals surface area (Å²) in [6, 6.07) is 0. The number of rotatable bonds is 10. The number of aliphatic hydroxyl groups excluding tert-OH is 1. The van der Waals surface area contributed by atoms with Gasteiger partial charge in [0.1, 0.15) is 5.84 Å². The standard InChI is InChI=1S/C21H33N5O.C6H8/c1-4-24-17(12-20(23)26-14(2)3)9-10-18(15-7-5-6-8-15)16-11-19(22)21(27)25-13-16;1-3-5-6-4-2/h10-12,15,24-25,27H,2,4-9,13,22H2,1,3H3,(H2,23,26);3-6H,1-2H2/b17-12+,18-10+;6-5-. The van der Waals surface area contributed by atoms with Gasteiger partial charge >= 0.3 is 0 Å². The Kier molecular flexibility index (Phi) is 12.9. The summed E-state index contributed by atoms with van der Waals surface area (Å²) in [7, 11) is 0. The molecule has 0 aromatic rings. The molecule has 33 heavy (non-hydrogen) atoms. The summed E-state index contributed by atoms with van der Waals surface area (Å²) in [6.07, 6.45) is 18.7. The van der Waals surface area contributed by atoms with E-state index in [-0.39, 0.29) is 5.88 Å². The molecule has 180 valence electrons. The zero-order valence-electron chi connectivity index (χ0n) is 20.2. The first-order chi connectivity index (χ1) is 15.8. The second kappa shape index (κ2) is 15.4. The fraction of sp³-hybridized carbons (Fsp3) is 0.370. The normalized spacial score (nSPS) is 17.8. The number of aliphatic hydroxyl groups is 1. The quantitative estimate of drug-likeness (QED) is 0.182. The van der Waals surface area contributed by atoms with Crippen molar-refractivity contribution in [3.05, 3.63) is 96.4 Å². The van der Waals surface area contributed by atoms with Crippen molar-refractivity contribution in [1.82, 2.24) is 10.6 Å². The van der Waals surface area contributed by atoms with E-state index in [0.717, 1.165) is 24.2 Å². The number of hydrogen-bond acceptors (Lipinski definition) is 5. The molecule has 6 heteroatoms. The highest BCUT2D eigenvalue weighted by atomic mass is 16.3. The Balaban J connectivity index is 0.000000801. The minimum atomic E-state index is 0.0570. The molecule has 2 aliphatic rings. The first kappa shape index (κ1) is 27.6. The van der Waals surface area contributed by atoms with Gasteiger partial charge in [0.2, 0.25) is 5.88 Å². The highest BCUT2D eigenvalue weighted by Gasteiger charge is 2.23. The highest BCUT2D eigenvalue weighted by molar-refractivity contribution is 5.92. The Labute approximate surface area is 199 Å². The van der Waals surface area contributed by atoms with Crippen molar-refractivity contribution in [3.63, 3.8) is 0 Å². The van der Waals surface area contributed by atoms with Gasteiger partial charge in [-0.2, -0.15) is 0 Å². The lowest BCUT2D eigenvalue weighted by Crippen LogP contribution is -2.26. The average molecular weight is 452 g/mol. The first-order valence-corrected chi connectivity index (χ1v) is 11.5. The van der Waals surface area contributed by atoms with Gasteiger partial charge in [0.05, 0.1) is 5.70 Å². The molecule has 0 unspecified atom stereocenters. The van der Waals surface area contributed by atoms with E-state index in [2.05, 4.69) is 48.4 Å². The van der Waals surface area contributed by atoms with Crippen LogP contribution in [0.15, 0.2) is 101 Å². The van der Waals surface area contributed by atoms with Crippen LogP contribution >= 0.6 is 0 Å². The van der Waals surface area contributed by atoms with Crippen LogP contribution in [0.1, 0.15) is 46.0 Å². The van der Waals surface area contributed by atoms with Gasteiger partial charge < -0.3 is 27.2 Å². The number of hydrogen-bond donors (Lipinski definition) is 5.